The Hall–Kier alpha value is -1.37. The number of nitrogens with zero attached hydrogens (tertiary/aromatic N) is 2. The van der Waals surface area contributed by atoms with Gasteiger partial charge >= 0.3 is 6.18 Å². The van der Waals surface area contributed by atoms with Crippen molar-refractivity contribution in [2.24, 2.45) is 0 Å². The summed E-state index contributed by atoms with van der Waals surface area (Å²) in [7, 11) is 0. The minimum absolute atomic E-state index is 0.0809. The number of aliphatic hydroxyl groups is 1. The normalized spacial score (nSPS) is 16.4. The lowest BCUT2D eigenvalue weighted by atomic mass is 10.2. The molecule has 86 valence electrons. The average molecular weight is 248 g/mol. The molecule has 3 nitrogen and oxygen atoms in total. The van der Waals surface area contributed by atoms with Crippen molar-refractivity contribution in [2.75, 3.05) is 10.8 Å². The molecule has 1 aliphatic heterocycles. The fraction of sp³-hybridized carbons (Fsp3) is 0.222. The number of rotatable bonds is 1. The predicted molar refractivity (Wildman–Crippen MR) is 54.9 cm³/mol. The molecule has 0 bridgehead atoms. The highest BCUT2D eigenvalue weighted by Gasteiger charge is 2.31. The summed E-state index contributed by atoms with van der Waals surface area (Å²) in [6, 6.07) is 1.00. The summed E-state index contributed by atoms with van der Waals surface area (Å²) in [5.41, 5.74) is -0.485. The van der Waals surface area contributed by atoms with Crippen LogP contribution in [-0.4, -0.2) is 16.0 Å². The van der Waals surface area contributed by atoms with Crippen LogP contribution in [0.25, 0.3) is 0 Å². The summed E-state index contributed by atoms with van der Waals surface area (Å²) in [5, 5.41) is 9.21. The highest BCUT2D eigenvalue weighted by Crippen LogP contribution is 2.33. The Balaban J connectivity index is 2.30. The van der Waals surface area contributed by atoms with Crippen molar-refractivity contribution in [3.05, 3.63) is 35.3 Å². The molecule has 1 N–H and O–H groups in total. The lowest BCUT2D eigenvalue weighted by molar-refractivity contribution is -0.137. The van der Waals surface area contributed by atoms with E-state index in [0.717, 1.165) is 24.0 Å². The molecule has 16 heavy (non-hydrogen) atoms. The summed E-state index contributed by atoms with van der Waals surface area (Å²) >= 11 is 1.15. The van der Waals surface area contributed by atoms with Crippen LogP contribution in [-0.2, 0) is 6.18 Å². The number of alkyl halides is 3. The largest absolute Gasteiger partial charge is 0.501 e. The molecule has 0 saturated heterocycles. The summed E-state index contributed by atoms with van der Waals surface area (Å²) in [6.45, 7) is 0. The average Bonchev–Trinajstić information content (AvgIpc) is 2.64. The van der Waals surface area contributed by atoms with E-state index in [1.165, 1.54) is 17.3 Å². The van der Waals surface area contributed by atoms with Crippen LogP contribution >= 0.6 is 11.8 Å². The van der Waals surface area contributed by atoms with Crippen molar-refractivity contribution < 1.29 is 18.3 Å². The maximum absolute atomic E-state index is 12.4. The van der Waals surface area contributed by atoms with Crippen LogP contribution in [0.3, 0.4) is 0 Å². The van der Waals surface area contributed by atoms with E-state index < -0.39 is 11.7 Å². The lowest BCUT2D eigenvalue weighted by Gasteiger charge is -2.15. The molecule has 0 fully saturated rings. The van der Waals surface area contributed by atoms with Gasteiger partial charge in [-0.25, -0.2) is 0 Å². The summed E-state index contributed by atoms with van der Waals surface area (Å²) in [6.07, 6.45) is -0.926. The van der Waals surface area contributed by atoms with E-state index in [1.54, 1.807) is 0 Å². The quantitative estimate of drug-likeness (QED) is 0.828. The molecule has 1 aromatic heterocycles. The van der Waals surface area contributed by atoms with Gasteiger partial charge in [0.2, 0.25) is 0 Å². The van der Waals surface area contributed by atoms with Gasteiger partial charge in [0.25, 0.3) is 0 Å². The third kappa shape index (κ3) is 2.24. The van der Waals surface area contributed by atoms with Crippen LogP contribution in [0, 0.1) is 0 Å². The van der Waals surface area contributed by atoms with Gasteiger partial charge in [-0.2, -0.15) is 13.2 Å². The Labute approximate surface area is 93.6 Å². The molecule has 7 heteroatoms. The van der Waals surface area contributed by atoms with Gasteiger partial charge in [0.05, 0.1) is 29.5 Å². The van der Waals surface area contributed by atoms with E-state index in [1.807, 2.05) is 0 Å². The smallest absolute Gasteiger partial charge is 0.417 e. The SMILES string of the molecule is OC1=CN(c2cncc(C(F)(F)F)c2)CS1. The van der Waals surface area contributed by atoms with Crippen LogP contribution in [0.1, 0.15) is 5.56 Å². The molecule has 0 radical (unpaired) electrons. The van der Waals surface area contributed by atoms with Crippen LogP contribution in [0.15, 0.2) is 29.8 Å². The van der Waals surface area contributed by atoms with Crippen LogP contribution in [0.4, 0.5) is 18.9 Å². The molecule has 0 aromatic carbocycles. The van der Waals surface area contributed by atoms with Gasteiger partial charge in [-0.1, -0.05) is 11.8 Å². The van der Waals surface area contributed by atoms with E-state index in [0.29, 0.717) is 11.6 Å². The standard InChI is InChI=1S/C9H7F3N2OS/c10-9(11,12)6-1-7(3-13-2-6)14-4-8(15)16-5-14/h1-4,15H,5H2. The minimum atomic E-state index is -4.40. The van der Waals surface area contributed by atoms with E-state index in [2.05, 4.69) is 4.98 Å². The number of anilines is 1. The molecular formula is C9H7F3N2OS. The Kier molecular flexibility index (Phi) is 2.71. The van der Waals surface area contributed by atoms with Gasteiger partial charge in [-0.05, 0) is 6.07 Å². The van der Waals surface area contributed by atoms with Crippen LogP contribution < -0.4 is 4.90 Å². The van der Waals surface area contributed by atoms with Gasteiger partial charge in [0.1, 0.15) is 0 Å². The first-order valence-corrected chi connectivity index (χ1v) is 5.28. The van der Waals surface area contributed by atoms with Crippen molar-refractivity contribution in [3.63, 3.8) is 0 Å². The monoisotopic (exact) mass is 248 g/mol. The summed E-state index contributed by atoms with van der Waals surface area (Å²) in [4.78, 5) is 5.04. The zero-order valence-corrected chi connectivity index (χ0v) is 8.72. The van der Waals surface area contributed by atoms with Crippen molar-refractivity contribution in [3.8, 4) is 0 Å². The van der Waals surface area contributed by atoms with Crippen molar-refractivity contribution >= 4 is 17.4 Å². The molecule has 0 unspecified atom stereocenters. The zero-order chi connectivity index (χ0) is 11.8. The second-order valence-electron chi connectivity index (χ2n) is 3.14. The van der Waals surface area contributed by atoms with Gasteiger partial charge < -0.3 is 10.0 Å². The van der Waals surface area contributed by atoms with Crippen molar-refractivity contribution in [2.45, 2.75) is 6.18 Å². The number of hydrogen-bond acceptors (Lipinski definition) is 4. The second kappa shape index (κ2) is 3.89. The number of hydrogen-bond donors (Lipinski definition) is 1. The molecular weight excluding hydrogens is 241 g/mol. The lowest BCUT2D eigenvalue weighted by Crippen LogP contribution is -2.13. The van der Waals surface area contributed by atoms with Crippen molar-refractivity contribution in [1.29, 1.82) is 0 Å². The molecule has 0 aliphatic carbocycles. The van der Waals surface area contributed by atoms with E-state index in [9.17, 15) is 13.2 Å². The molecule has 2 heterocycles. The topological polar surface area (TPSA) is 36.4 Å². The fourth-order valence-electron chi connectivity index (χ4n) is 1.23. The molecule has 0 amide bonds. The number of aromatic nitrogens is 1. The second-order valence-corrected chi connectivity index (χ2v) is 4.11. The van der Waals surface area contributed by atoms with Gasteiger partial charge in [0.15, 0.2) is 5.09 Å². The van der Waals surface area contributed by atoms with Gasteiger partial charge in [-0.15, -0.1) is 0 Å². The summed E-state index contributed by atoms with van der Waals surface area (Å²) in [5.74, 6) is 0.384. The fourth-order valence-corrected chi connectivity index (χ4v) is 1.93. The molecule has 0 atom stereocenters. The molecule has 0 saturated carbocycles. The molecule has 0 spiro atoms. The molecule has 1 aliphatic rings. The van der Waals surface area contributed by atoms with Gasteiger partial charge in [0, 0.05) is 6.20 Å². The van der Waals surface area contributed by atoms with Crippen molar-refractivity contribution in [1.82, 2.24) is 4.98 Å². The Bertz CT molecular complexity index is 433. The number of thioether (sulfide) groups is 1. The number of aliphatic hydroxyl groups excluding tert-OH is 1. The molecule has 1 aromatic rings. The van der Waals surface area contributed by atoms with E-state index in [4.69, 9.17) is 5.11 Å². The third-order valence-corrected chi connectivity index (χ3v) is 2.81. The predicted octanol–water partition coefficient (Wildman–Crippen LogP) is 2.97. The Morgan fingerprint density at radius 3 is 2.69 bits per heavy atom. The number of halogens is 3. The maximum atomic E-state index is 12.4. The van der Waals surface area contributed by atoms with E-state index in [-0.39, 0.29) is 5.09 Å². The van der Waals surface area contributed by atoms with E-state index >= 15 is 0 Å². The Morgan fingerprint density at radius 2 is 2.12 bits per heavy atom. The zero-order valence-electron chi connectivity index (χ0n) is 7.90. The number of pyridine rings is 1. The minimum Gasteiger partial charge on any atom is -0.501 e. The maximum Gasteiger partial charge on any atom is 0.417 e. The third-order valence-electron chi connectivity index (χ3n) is 2.00. The van der Waals surface area contributed by atoms with Crippen LogP contribution in [0.5, 0.6) is 0 Å². The Morgan fingerprint density at radius 1 is 1.38 bits per heavy atom. The first kappa shape index (κ1) is 11.1. The first-order valence-electron chi connectivity index (χ1n) is 4.29. The van der Waals surface area contributed by atoms with Crippen LogP contribution in [0.2, 0.25) is 0 Å². The first-order chi connectivity index (χ1) is 7.47. The van der Waals surface area contributed by atoms with Gasteiger partial charge in [-0.3, -0.25) is 4.98 Å². The highest BCUT2D eigenvalue weighted by molar-refractivity contribution is 8.03. The molecule has 2 rings (SSSR count). The highest BCUT2D eigenvalue weighted by atomic mass is 32.2. The summed E-state index contributed by atoms with van der Waals surface area (Å²) < 4.78 is 37.2.